The number of esters is 1. The standard InChI is InChI=1S/C26H25BrN2O5/c1-34-26(33)21(16-17-12-14-20(27)15-13-17)28-25(32)23(30)22(18-8-4-2-5-9-18)29-24(31)19-10-6-3-7-11-19/h2-15,21-23,30H,16H2,1H3,(H,28,32)(H,29,31)/t21-,22-,23+/m0/s1. The van der Waals surface area contributed by atoms with Gasteiger partial charge < -0.3 is 20.5 Å². The lowest BCUT2D eigenvalue weighted by Gasteiger charge is -2.26. The number of hydrogen-bond donors (Lipinski definition) is 3. The van der Waals surface area contributed by atoms with Crippen molar-refractivity contribution in [1.29, 1.82) is 0 Å². The van der Waals surface area contributed by atoms with Crippen molar-refractivity contribution in [1.82, 2.24) is 10.6 Å². The van der Waals surface area contributed by atoms with Crippen LogP contribution in [0.5, 0.6) is 0 Å². The predicted octanol–water partition coefficient (Wildman–Crippen LogP) is 3.18. The van der Waals surface area contributed by atoms with Crippen LogP contribution in [0.15, 0.2) is 89.4 Å². The number of methoxy groups -OCH3 is 1. The third-order valence-electron chi connectivity index (χ3n) is 5.22. The number of hydrogen-bond acceptors (Lipinski definition) is 5. The van der Waals surface area contributed by atoms with Gasteiger partial charge in [-0.25, -0.2) is 4.79 Å². The van der Waals surface area contributed by atoms with Gasteiger partial charge in [-0.2, -0.15) is 0 Å². The summed E-state index contributed by atoms with van der Waals surface area (Å²) >= 11 is 3.36. The van der Waals surface area contributed by atoms with Crippen molar-refractivity contribution < 1.29 is 24.2 Å². The number of nitrogens with one attached hydrogen (secondary N) is 2. The van der Waals surface area contributed by atoms with Crippen molar-refractivity contribution in [2.24, 2.45) is 0 Å². The fourth-order valence-electron chi connectivity index (χ4n) is 3.42. The Bertz CT molecular complexity index is 1110. The number of halogens is 1. The quantitative estimate of drug-likeness (QED) is 0.373. The number of amides is 2. The second-order valence-corrected chi connectivity index (χ2v) is 8.50. The summed E-state index contributed by atoms with van der Waals surface area (Å²) in [5.74, 6) is -1.90. The molecule has 0 aromatic heterocycles. The van der Waals surface area contributed by atoms with Crippen molar-refractivity contribution in [3.05, 3.63) is 106 Å². The van der Waals surface area contributed by atoms with Crippen LogP contribution in [0.2, 0.25) is 0 Å². The normalized spacial score (nSPS) is 13.3. The van der Waals surface area contributed by atoms with E-state index in [9.17, 15) is 19.5 Å². The third-order valence-corrected chi connectivity index (χ3v) is 5.75. The lowest BCUT2D eigenvalue weighted by Crippen LogP contribution is -2.51. The van der Waals surface area contributed by atoms with E-state index in [0.29, 0.717) is 11.1 Å². The zero-order valence-corrected chi connectivity index (χ0v) is 20.1. The van der Waals surface area contributed by atoms with Crippen LogP contribution in [-0.4, -0.2) is 42.1 Å². The largest absolute Gasteiger partial charge is 0.467 e. The molecule has 8 heteroatoms. The molecule has 2 amide bonds. The Morgan fingerprint density at radius 1 is 0.882 bits per heavy atom. The Balaban J connectivity index is 1.80. The van der Waals surface area contributed by atoms with Crippen molar-refractivity contribution >= 4 is 33.7 Å². The molecule has 0 aliphatic carbocycles. The average Bonchev–Trinajstić information content (AvgIpc) is 2.88. The lowest BCUT2D eigenvalue weighted by molar-refractivity contribution is -0.146. The average molecular weight is 525 g/mol. The number of carbonyl (C=O) groups is 3. The molecule has 0 bridgehead atoms. The molecule has 0 heterocycles. The summed E-state index contributed by atoms with van der Waals surface area (Å²) in [6.07, 6.45) is -1.49. The van der Waals surface area contributed by atoms with Gasteiger partial charge in [0.25, 0.3) is 11.8 Å². The molecule has 0 aliphatic heterocycles. The van der Waals surface area contributed by atoms with Gasteiger partial charge in [-0.1, -0.05) is 76.6 Å². The Hall–Kier alpha value is -3.49. The summed E-state index contributed by atoms with van der Waals surface area (Å²) in [6.45, 7) is 0. The second kappa shape index (κ2) is 12.1. The lowest BCUT2D eigenvalue weighted by atomic mass is 9.99. The van der Waals surface area contributed by atoms with Crippen LogP contribution in [-0.2, 0) is 20.7 Å². The monoisotopic (exact) mass is 524 g/mol. The summed E-state index contributed by atoms with van der Waals surface area (Å²) in [6, 6.07) is 22.4. The van der Waals surface area contributed by atoms with Gasteiger partial charge in [-0.05, 0) is 35.4 Å². The van der Waals surface area contributed by atoms with E-state index in [1.165, 1.54) is 7.11 Å². The van der Waals surface area contributed by atoms with E-state index >= 15 is 0 Å². The van der Waals surface area contributed by atoms with Gasteiger partial charge in [0.05, 0.1) is 13.2 Å². The Morgan fingerprint density at radius 2 is 1.47 bits per heavy atom. The van der Waals surface area contributed by atoms with E-state index < -0.39 is 36.0 Å². The van der Waals surface area contributed by atoms with Gasteiger partial charge in [-0.15, -0.1) is 0 Å². The molecule has 0 radical (unpaired) electrons. The van der Waals surface area contributed by atoms with Crippen LogP contribution in [0.25, 0.3) is 0 Å². The topological polar surface area (TPSA) is 105 Å². The van der Waals surface area contributed by atoms with Crippen molar-refractivity contribution in [3.8, 4) is 0 Å². The first-order chi connectivity index (χ1) is 16.4. The van der Waals surface area contributed by atoms with Crippen LogP contribution < -0.4 is 10.6 Å². The number of benzene rings is 3. The van der Waals surface area contributed by atoms with Gasteiger partial charge in [0.1, 0.15) is 6.04 Å². The molecule has 0 spiro atoms. The second-order valence-electron chi connectivity index (χ2n) is 7.59. The number of ether oxygens (including phenoxy) is 1. The minimum absolute atomic E-state index is 0.171. The molecule has 176 valence electrons. The van der Waals surface area contributed by atoms with Crippen LogP contribution in [0.3, 0.4) is 0 Å². The number of carbonyl (C=O) groups excluding carboxylic acids is 3. The molecule has 0 saturated heterocycles. The highest BCUT2D eigenvalue weighted by Gasteiger charge is 2.32. The molecule has 7 nitrogen and oxygen atoms in total. The van der Waals surface area contributed by atoms with E-state index in [0.717, 1.165) is 10.0 Å². The molecule has 3 aromatic rings. The van der Waals surface area contributed by atoms with Gasteiger partial charge in [0, 0.05) is 16.5 Å². The summed E-state index contributed by atoms with van der Waals surface area (Å²) in [4.78, 5) is 38.1. The first-order valence-corrected chi connectivity index (χ1v) is 11.4. The molecule has 3 atom stereocenters. The number of rotatable bonds is 9. The molecule has 3 rings (SSSR count). The van der Waals surface area contributed by atoms with Gasteiger partial charge in [-0.3, -0.25) is 9.59 Å². The predicted molar refractivity (Wildman–Crippen MR) is 131 cm³/mol. The van der Waals surface area contributed by atoms with E-state index in [1.807, 2.05) is 24.3 Å². The zero-order chi connectivity index (χ0) is 24.5. The summed E-state index contributed by atoms with van der Waals surface area (Å²) < 4.78 is 5.72. The van der Waals surface area contributed by atoms with Crippen LogP contribution >= 0.6 is 15.9 Å². The maximum absolute atomic E-state index is 13.0. The first kappa shape index (κ1) is 25.1. The van der Waals surface area contributed by atoms with Crippen molar-refractivity contribution in [2.45, 2.75) is 24.6 Å². The minimum Gasteiger partial charge on any atom is -0.467 e. The molecule has 0 aliphatic rings. The van der Waals surface area contributed by atoms with E-state index in [2.05, 4.69) is 26.6 Å². The molecule has 34 heavy (non-hydrogen) atoms. The summed E-state index contributed by atoms with van der Waals surface area (Å²) in [7, 11) is 1.23. The highest BCUT2D eigenvalue weighted by Crippen LogP contribution is 2.19. The van der Waals surface area contributed by atoms with Gasteiger partial charge >= 0.3 is 5.97 Å². The van der Waals surface area contributed by atoms with Crippen LogP contribution in [0.1, 0.15) is 27.5 Å². The zero-order valence-electron chi connectivity index (χ0n) is 18.5. The van der Waals surface area contributed by atoms with E-state index in [-0.39, 0.29) is 6.42 Å². The maximum atomic E-state index is 13.0. The van der Waals surface area contributed by atoms with Crippen molar-refractivity contribution in [3.63, 3.8) is 0 Å². The molecule has 3 aromatic carbocycles. The first-order valence-electron chi connectivity index (χ1n) is 10.6. The van der Waals surface area contributed by atoms with E-state index in [1.54, 1.807) is 60.7 Å². The smallest absolute Gasteiger partial charge is 0.328 e. The molecule has 0 fully saturated rings. The fraction of sp³-hybridized carbons (Fsp3) is 0.192. The fourth-order valence-corrected chi connectivity index (χ4v) is 3.68. The summed E-state index contributed by atoms with van der Waals surface area (Å²) in [5, 5.41) is 16.2. The molecule has 0 saturated carbocycles. The Labute approximate surface area is 206 Å². The van der Waals surface area contributed by atoms with Crippen molar-refractivity contribution in [2.75, 3.05) is 7.11 Å². The van der Waals surface area contributed by atoms with Crippen LogP contribution in [0.4, 0.5) is 0 Å². The number of aliphatic hydroxyl groups excluding tert-OH is 1. The highest BCUT2D eigenvalue weighted by atomic mass is 79.9. The molecule has 0 unspecified atom stereocenters. The minimum atomic E-state index is -1.66. The Morgan fingerprint density at radius 3 is 2.06 bits per heavy atom. The van der Waals surface area contributed by atoms with Gasteiger partial charge in [0.15, 0.2) is 6.10 Å². The SMILES string of the molecule is COC(=O)[C@H](Cc1ccc(Br)cc1)NC(=O)[C@H](O)[C@@H](NC(=O)c1ccccc1)c1ccccc1. The molecule has 3 N–H and O–H groups in total. The summed E-state index contributed by atoms with van der Waals surface area (Å²) in [5.41, 5.74) is 1.72. The van der Waals surface area contributed by atoms with Crippen LogP contribution in [0, 0.1) is 0 Å². The molecular formula is C26H25BrN2O5. The Kier molecular flexibility index (Phi) is 8.95. The maximum Gasteiger partial charge on any atom is 0.328 e. The highest BCUT2D eigenvalue weighted by molar-refractivity contribution is 9.10. The molecular weight excluding hydrogens is 500 g/mol. The van der Waals surface area contributed by atoms with E-state index in [4.69, 9.17) is 4.74 Å². The third kappa shape index (κ3) is 6.76. The number of aliphatic hydroxyl groups is 1. The van der Waals surface area contributed by atoms with Gasteiger partial charge in [0.2, 0.25) is 0 Å².